The van der Waals surface area contributed by atoms with E-state index in [1.54, 1.807) is 12.1 Å². The van der Waals surface area contributed by atoms with Gasteiger partial charge in [-0.25, -0.2) is 0 Å². The largest absolute Gasteiger partial charge is 0.374 e. The van der Waals surface area contributed by atoms with Gasteiger partial charge in [0.25, 0.3) is 5.91 Å². The van der Waals surface area contributed by atoms with Gasteiger partial charge in [-0.1, -0.05) is 18.2 Å². The molecule has 0 aromatic heterocycles. The number of aryl methyl sites for hydroxylation is 1. The molecule has 0 bridgehead atoms. The summed E-state index contributed by atoms with van der Waals surface area (Å²) in [5.41, 5.74) is 1.55. The molecule has 0 radical (unpaired) electrons. The number of hydrogen-bond acceptors (Lipinski definition) is 3. The molecule has 1 rings (SSSR count). The van der Waals surface area contributed by atoms with E-state index in [1.165, 1.54) is 13.1 Å². The van der Waals surface area contributed by atoms with Crippen molar-refractivity contribution >= 4 is 12.1 Å². The van der Waals surface area contributed by atoms with Crippen molar-refractivity contribution in [3.63, 3.8) is 0 Å². The third-order valence-electron chi connectivity index (χ3n) is 2.40. The first-order valence-corrected chi connectivity index (χ1v) is 5.71. The van der Waals surface area contributed by atoms with Gasteiger partial charge in [0.15, 0.2) is 0 Å². The van der Waals surface area contributed by atoms with Crippen LogP contribution in [0.2, 0.25) is 0 Å². The molecule has 1 atom stereocenters. The van der Waals surface area contributed by atoms with E-state index in [4.69, 9.17) is 10.5 Å². The maximum absolute atomic E-state index is 11.8. The number of aliphatic hydroxyl groups excluding tert-OH is 1. The van der Waals surface area contributed by atoms with Crippen LogP contribution in [0.3, 0.4) is 0 Å². The molecular weight excluding hydrogens is 216 g/mol. The zero-order valence-electron chi connectivity index (χ0n) is 9.94. The van der Waals surface area contributed by atoms with Crippen molar-refractivity contribution in [2.45, 2.75) is 32.4 Å². The molecule has 17 heavy (non-hydrogen) atoms. The van der Waals surface area contributed by atoms with Crippen LogP contribution >= 0.6 is 0 Å². The number of aliphatic hydroxyl groups is 1. The first-order valence-electron chi connectivity index (χ1n) is 5.71. The van der Waals surface area contributed by atoms with E-state index in [-0.39, 0.29) is 5.91 Å². The molecule has 1 unspecified atom stereocenters. The summed E-state index contributed by atoms with van der Waals surface area (Å²) < 4.78 is 0. The molecule has 0 fully saturated rings. The molecule has 0 aliphatic heterocycles. The van der Waals surface area contributed by atoms with Crippen LogP contribution in [0, 0.1) is 5.41 Å². The highest BCUT2D eigenvalue weighted by Gasteiger charge is 2.11. The number of hydrogen-bond donors (Lipinski definition) is 3. The SMILES string of the molecule is CC(O)NC(=O)c1ccccc1CCCC=N. The Labute approximate surface area is 101 Å². The molecule has 1 aromatic rings. The second kappa shape index (κ2) is 6.81. The minimum atomic E-state index is -0.850. The maximum atomic E-state index is 11.8. The summed E-state index contributed by atoms with van der Waals surface area (Å²) in [5.74, 6) is -0.259. The fourth-order valence-electron chi connectivity index (χ4n) is 1.62. The van der Waals surface area contributed by atoms with E-state index in [0.717, 1.165) is 18.4 Å². The fourth-order valence-corrected chi connectivity index (χ4v) is 1.62. The quantitative estimate of drug-likeness (QED) is 0.398. The van der Waals surface area contributed by atoms with Crippen LogP contribution < -0.4 is 5.32 Å². The van der Waals surface area contributed by atoms with E-state index in [1.807, 2.05) is 12.1 Å². The second-order valence-electron chi connectivity index (χ2n) is 3.90. The van der Waals surface area contributed by atoms with Gasteiger partial charge in [0.1, 0.15) is 6.23 Å². The lowest BCUT2D eigenvalue weighted by Crippen LogP contribution is -2.32. The Hall–Kier alpha value is -1.68. The number of carbonyl (C=O) groups excluding carboxylic acids is 1. The molecule has 4 nitrogen and oxygen atoms in total. The summed E-state index contributed by atoms with van der Waals surface area (Å²) >= 11 is 0. The molecule has 0 saturated carbocycles. The van der Waals surface area contributed by atoms with Crippen molar-refractivity contribution < 1.29 is 9.90 Å². The van der Waals surface area contributed by atoms with Crippen LogP contribution in [0.1, 0.15) is 35.7 Å². The molecule has 4 heteroatoms. The molecule has 1 aromatic carbocycles. The Morgan fingerprint density at radius 3 is 2.88 bits per heavy atom. The predicted molar refractivity (Wildman–Crippen MR) is 67.3 cm³/mol. The van der Waals surface area contributed by atoms with Gasteiger partial charge >= 0.3 is 0 Å². The average Bonchev–Trinajstić information content (AvgIpc) is 2.29. The van der Waals surface area contributed by atoms with Crippen molar-refractivity contribution in [1.29, 1.82) is 5.41 Å². The van der Waals surface area contributed by atoms with Crippen LogP contribution in [0.5, 0.6) is 0 Å². The van der Waals surface area contributed by atoms with Gasteiger partial charge in [-0.05, 0) is 44.0 Å². The summed E-state index contributed by atoms with van der Waals surface area (Å²) in [6.45, 7) is 1.51. The molecular formula is C13H18N2O2. The van der Waals surface area contributed by atoms with E-state index >= 15 is 0 Å². The van der Waals surface area contributed by atoms with Crippen molar-refractivity contribution in [2.24, 2.45) is 0 Å². The summed E-state index contributed by atoms with van der Waals surface area (Å²) in [4.78, 5) is 11.8. The molecule has 0 heterocycles. The second-order valence-corrected chi connectivity index (χ2v) is 3.90. The molecule has 0 spiro atoms. The van der Waals surface area contributed by atoms with Gasteiger partial charge in [-0.15, -0.1) is 0 Å². The van der Waals surface area contributed by atoms with Gasteiger partial charge in [-0.2, -0.15) is 0 Å². The van der Waals surface area contributed by atoms with Crippen LogP contribution in [0.25, 0.3) is 0 Å². The molecule has 0 saturated heterocycles. The van der Waals surface area contributed by atoms with E-state index in [2.05, 4.69) is 5.32 Å². The van der Waals surface area contributed by atoms with Crippen LogP contribution in [-0.2, 0) is 6.42 Å². The number of nitrogens with one attached hydrogen (secondary N) is 2. The summed E-state index contributed by atoms with van der Waals surface area (Å²) in [7, 11) is 0. The van der Waals surface area contributed by atoms with Gasteiger partial charge in [-0.3, -0.25) is 4.79 Å². The fraction of sp³-hybridized carbons (Fsp3) is 0.385. The van der Waals surface area contributed by atoms with E-state index in [9.17, 15) is 4.79 Å². The maximum Gasteiger partial charge on any atom is 0.253 e. The highest BCUT2D eigenvalue weighted by atomic mass is 16.3. The van der Waals surface area contributed by atoms with Crippen LogP contribution in [0.15, 0.2) is 24.3 Å². The predicted octanol–water partition coefficient (Wildman–Crippen LogP) is 1.73. The standard InChI is InChI=1S/C13H18N2O2/c1-10(16)15-13(17)12-8-3-2-6-11(12)7-4-5-9-14/h2-3,6,8-10,14,16H,4-5,7H2,1H3,(H,15,17). The lowest BCUT2D eigenvalue weighted by Gasteiger charge is -2.11. The van der Waals surface area contributed by atoms with Crippen LogP contribution in [-0.4, -0.2) is 23.5 Å². The number of unbranched alkanes of at least 4 members (excludes halogenated alkanes) is 1. The number of amides is 1. The molecule has 0 aliphatic carbocycles. The minimum Gasteiger partial charge on any atom is -0.374 e. The molecule has 1 amide bonds. The zero-order valence-corrected chi connectivity index (χ0v) is 9.94. The molecule has 0 aliphatic rings. The Bertz CT molecular complexity index is 389. The van der Waals surface area contributed by atoms with Crippen LogP contribution in [0.4, 0.5) is 0 Å². The Morgan fingerprint density at radius 2 is 2.24 bits per heavy atom. The highest BCUT2D eigenvalue weighted by molar-refractivity contribution is 5.95. The van der Waals surface area contributed by atoms with E-state index < -0.39 is 6.23 Å². The van der Waals surface area contributed by atoms with Crippen molar-refractivity contribution in [1.82, 2.24) is 5.32 Å². The minimum absolute atomic E-state index is 0.259. The number of benzene rings is 1. The number of rotatable bonds is 6. The molecule has 3 N–H and O–H groups in total. The molecule has 92 valence electrons. The number of carbonyl (C=O) groups is 1. The monoisotopic (exact) mass is 234 g/mol. The van der Waals surface area contributed by atoms with Gasteiger partial charge in [0.05, 0.1) is 0 Å². The summed E-state index contributed by atoms with van der Waals surface area (Å²) in [6.07, 6.45) is 2.85. The van der Waals surface area contributed by atoms with E-state index in [0.29, 0.717) is 12.0 Å². The Kier molecular flexibility index (Phi) is 5.36. The summed E-state index contributed by atoms with van der Waals surface area (Å²) in [5, 5.41) is 18.6. The highest BCUT2D eigenvalue weighted by Crippen LogP contribution is 2.12. The zero-order chi connectivity index (χ0) is 12.7. The smallest absolute Gasteiger partial charge is 0.253 e. The topological polar surface area (TPSA) is 73.2 Å². The normalized spacial score (nSPS) is 11.9. The summed E-state index contributed by atoms with van der Waals surface area (Å²) in [6, 6.07) is 7.34. The van der Waals surface area contributed by atoms with Gasteiger partial charge in [0.2, 0.25) is 0 Å². The average molecular weight is 234 g/mol. The Balaban J connectivity index is 2.76. The van der Waals surface area contributed by atoms with Crippen molar-refractivity contribution in [3.05, 3.63) is 35.4 Å². The van der Waals surface area contributed by atoms with Crippen molar-refractivity contribution in [3.8, 4) is 0 Å². The third kappa shape index (κ3) is 4.36. The lowest BCUT2D eigenvalue weighted by atomic mass is 10.0. The first-order chi connectivity index (χ1) is 8.15. The lowest BCUT2D eigenvalue weighted by molar-refractivity contribution is 0.0818. The third-order valence-corrected chi connectivity index (χ3v) is 2.40. The van der Waals surface area contributed by atoms with Gasteiger partial charge in [0, 0.05) is 5.56 Å². The van der Waals surface area contributed by atoms with Gasteiger partial charge < -0.3 is 15.8 Å². The van der Waals surface area contributed by atoms with Crippen molar-refractivity contribution in [2.75, 3.05) is 0 Å². The Morgan fingerprint density at radius 1 is 1.53 bits per heavy atom. The first kappa shape index (κ1) is 13.4.